The minimum atomic E-state index is -3.94. The number of hydrogen-bond acceptors (Lipinski definition) is 8. The highest BCUT2D eigenvalue weighted by atomic mass is 32.2. The van der Waals surface area contributed by atoms with Gasteiger partial charge in [-0.05, 0) is 48.6 Å². The van der Waals surface area contributed by atoms with Crippen LogP contribution in [0.3, 0.4) is 0 Å². The van der Waals surface area contributed by atoms with E-state index >= 15 is 0 Å². The number of nitrogens with one attached hydrogen (secondary N) is 1. The first kappa shape index (κ1) is 31.9. The highest BCUT2D eigenvalue weighted by molar-refractivity contribution is 7.90. The lowest BCUT2D eigenvalue weighted by molar-refractivity contribution is -0.130. The molecule has 2 heterocycles. The zero-order chi connectivity index (χ0) is 31.8. The zero-order valence-corrected chi connectivity index (χ0v) is 25.9. The lowest BCUT2D eigenvalue weighted by Crippen LogP contribution is -2.57. The molecule has 4 aromatic rings. The van der Waals surface area contributed by atoms with Crippen molar-refractivity contribution >= 4 is 38.8 Å². The number of morpholine rings is 1. The number of amides is 4. The van der Waals surface area contributed by atoms with E-state index < -0.39 is 39.5 Å². The summed E-state index contributed by atoms with van der Waals surface area (Å²) in [5.74, 6) is -3.00. The van der Waals surface area contributed by atoms with Crippen LogP contribution in [0.4, 0.5) is 4.79 Å². The van der Waals surface area contributed by atoms with Crippen molar-refractivity contribution in [3.05, 3.63) is 101 Å². The lowest BCUT2D eigenvalue weighted by Gasteiger charge is -2.30. The molecule has 45 heavy (non-hydrogen) atoms. The number of nitrogens with zero attached hydrogens (tertiary/aromatic N) is 3. The minimum absolute atomic E-state index is 0.0486. The average molecular weight is 633 g/mol. The first-order valence-corrected chi connectivity index (χ1v) is 16.7. The summed E-state index contributed by atoms with van der Waals surface area (Å²) in [6.45, 7) is 2.96. The Balaban J connectivity index is 1.44. The number of aromatic nitrogens is 1. The first-order valence-electron chi connectivity index (χ1n) is 14.8. The average Bonchev–Trinajstić information content (AvgIpc) is 3.49. The van der Waals surface area contributed by atoms with E-state index in [1.807, 2.05) is 36.4 Å². The number of hydrogen-bond donors (Lipinski definition) is 1. The molecule has 0 bridgehead atoms. The van der Waals surface area contributed by atoms with E-state index in [0.717, 1.165) is 16.0 Å². The van der Waals surface area contributed by atoms with Gasteiger partial charge in [0.15, 0.2) is 15.4 Å². The summed E-state index contributed by atoms with van der Waals surface area (Å²) in [6.07, 6.45) is 0.948. The van der Waals surface area contributed by atoms with Gasteiger partial charge >= 0.3 is 11.9 Å². The summed E-state index contributed by atoms with van der Waals surface area (Å²) in [5.41, 5.74) is 3.20. The Morgan fingerprint density at radius 1 is 0.956 bits per heavy atom. The van der Waals surface area contributed by atoms with Crippen LogP contribution in [0.5, 0.6) is 0 Å². The van der Waals surface area contributed by atoms with E-state index in [4.69, 9.17) is 9.15 Å². The molecule has 1 unspecified atom stereocenters. The Kier molecular flexibility index (Phi) is 10.3. The predicted octanol–water partition coefficient (Wildman–Crippen LogP) is 3.76. The third-order valence-corrected chi connectivity index (χ3v) is 9.22. The SMILES string of the molecule is Cc1ccccc1CS(=O)(=O)CC(NC(=O)N1CCOCC1)C(=O)N(CCCc1ccccc1)C(=O)c1nc2ccccc2o1. The summed E-state index contributed by atoms with van der Waals surface area (Å²) < 4.78 is 38.1. The molecule has 0 radical (unpaired) electrons. The lowest BCUT2D eigenvalue weighted by atomic mass is 10.1. The molecular weight excluding hydrogens is 596 g/mol. The van der Waals surface area contributed by atoms with Gasteiger partial charge in [-0.3, -0.25) is 14.5 Å². The maximum atomic E-state index is 14.2. The molecule has 236 valence electrons. The van der Waals surface area contributed by atoms with Crippen molar-refractivity contribution in [3.63, 3.8) is 0 Å². The van der Waals surface area contributed by atoms with Crippen LogP contribution < -0.4 is 5.32 Å². The van der Waals surface area contributed by atoms with Crippen LogP contribution in [0.15, 0.2) is 83.3 Å². The van der Waals surface area contributed by atoms with Gasteiger partial charge in [0.1, 0.15) is 11.6 Å². The van der Waals surface area contributed by atoms with Crippen LogP contribution in [0.1, 0.15) is 33.8 Å². The quantitative estimate of drug-likeness (QED) is 0.264. The highest BCUT2D eigenvalue weighted by Gasteiger charge is 2.36. The van der Waals surface area contributed by atoms with Gasteiger partial charge in [0.05, 0.1) is 24.7 Å². The number of sulfone groups is 1. The molecule has 0 spiro atoms. The van der Waals surface area contributed by atoms with Crippen LogP contribution in [-0.4, -0.2) is 85.7 Å². The van der Waals surface area contributed by atoms with Crippen LogP contribution in [0.25, 0.3) is 11.1 Å². The second-order valence-electron chi connectivity index (χ2n) is 11.0. The van der Waals surface area contributed by atoms with Crippen LogP contribution in [0.2, 0.25) is 0 Å². The Morgan fingerprint density at radius 3 is 2.38 bits per heavy atom. The molecule has 0 saturated carbocycles. The number of aryl methyl sites for hydroxylation is 2. The number of carbonyl (C=O) groups excluding carboxylic acids is 3. The molecule has 12 heteroatoms. The summed E-state index contributed by atoms with van der Waals surface area (Å²) in [4.78, 5) is 48.0. The number of fused-ring (bicyclic) bond motifs is 1. The number of carbonyl (C=O) groups is 3. The number of urea groups is 1. The highest BCUT2D eigenvalue weighted by Crippen LogP contribution is 2.19. The number of ether oxygens (including phenoxy) is 1. The van der Waals surface area contributed by atoms with E-state index in [9.17, 15) is 22.8 Å². The molecular formula is C33H36N4O7S. The minimum Gasteiger partial charge on any atom is -0.432 e. The summed E-state index contributed by atoms with van der Waals surface area (Å²) in [6, 6.07) is 21.3. The van der Waals surface area contributed by atoms with Gasteiger partial charge in [0, 0.05) is 19.6 Å². The third-order valence-electron chi connectivity index (χ3n) is 7.63. The molecule has 1 aliphatic heterocycles. The molecule has 1 atom stereocenters. The zero-order valence-electron chi connectivity index (χ0n) is 25.1. The van der Waals surface area contributed by atoms with Gasteiger partial charge in [-0.15, -0.1) is 0 Å². The van der Waals surface area contributed by atoms with Gasteiger partial charge in [-0.25, -0.2) is 18.2 Å². The molecule has 1 saturated heterocycles. The van der Waals surface area contributed by atoms with E-state index in [2.05, 4.69) is 10.3 Å². The molecule has 1 fully saturated rings. The van der Waals surface area contributed by atoms with Gasteiger partial charge in [0.25, 0.3) is 11.8 Å². The molecule has 11 nitrogen and oxygen atoms in total. The maximum absolute atomic E-state index is 14.2. The Hall–Kier alpha value is -4.55. The predicted molar refractivity (Wildman–Crippen MR) is 168 cm³/mol. The fraction of sp³-hybridized carbons (Fsp3) is 0.333. The van der Waals surface area contributed by atoms with Crippen molar-refractivity contribution in [2.75, 3.05) is 38.6 Å². The van der Waals surface area contributed by atoms with Crippen molar-refractivity contribution in [1.82, 2.24) is 20.1 Å². The Bertz CT molecular complexity index is 1720. The fourth-order valence-electron chi connectivity index (χ4n) is 5.17. The van der Waals surface area contributed by atoms with E-state index in [1.54, 1.807) is 49.4 Å². The molecule has 5 rings (SSSR count). The van der Waals surface area contributed by atoms with Gasteiger partial charge in [0.2, 0.25) is 0 Å². The summed E-state index contributed by atoms with van der Waals surface area (Å²) >= 11 is 0. The second kappa shape index (κ2) is 14.5. The van der Waals surface area contributed by atoms with E-state index in [1.165, 1.54) is 4.90 Å². The Labute approximate surface area is 262 Å². The molecule has 0 aliphatic carbocycles. The van der Waals surface area contributed by atoms with Crippen LogP contribution >= 0.6 is 0 Å². The monoisotopic (exact) mass is 632 g/mol. The van der Waals surface area contributed by atoms with Crippen molar-refractivity contribution in [2.24, 2.45) is 0 Å². The van der Waals surface area contributed by atoms with E-state index in [-0.39, 0.29) is 31.3 Å². The number of rotatable bonds is 11. The summed E-state index contributed by atoms with van der Waals surface area (Å²) in [7, 11) is -3.94. The van der Waals surface area contributed by atoms with Crippen LogP contribution in [-0.2, 0) is 31.5 Å². The molecule has 3 aromatic carbocycles. The maximum Gasteiger partial charge on any atom is 0.318 e. The van der Waals surface area contributed by atoms with Gasteiger partial charge in [-0.2, -0.15) is 0 Å². The standard InChI is InChI=1S/C33H36N4O7S/c1-24-10-5-6-14-26(24)22-45(41,42)23-28(35-33(40)36-18-20-43-21-19-36)31(38)37(17-9-13-25-11-3-2-4-12-25)32(39)30-34-27-15-7-8-16-29(27)44-30/h2-8,10-12,14-16,28H,9,13,17-23H2,1H3,(H,35,40). The number of para-hydroxylation sites is 2. The smallest absolute Gasteiger partial charge is 0.318 e. The van der Waals surface area contributed by atoms with Crippen molar-refractivity contribution in [1.29, 1.82) is 0 Å². The summed E-state index contributed by atoms with van der Waals surface area (Å²) in [5, 5.41) is 2.62. The molecule has 1 aliphatic rings. The largest absolute Gasteiger partial charge is 0.432 e. The van der Waals surface area contributed by atoms with Crippen molar-refractivity contribution < 1.29 is 32.0 Å². The molecule has 4 amide bonds. The van der Waals surface area contributed by atoms with Crippen LogP contribution in [0, 0.1) is 6.92 Å². The fourth-order valence-corrected chi connectivity index (χ4v) is 6.82. The second-order valence-corrected chi connectivity index (χ2v) is 13.1. The van der Waals surface area contributed by atoms with Gasteiger partial charge in [-0.1, -0.05) is 66.7 Å². The van der Waals surface area contributed by atoms with Gasteiger partial charge < -0.3 is 19.4 Å². The van der Waals surface area contributed by atoms with Crippen molar-refractivity contribution in [2.45, 2.75) is 31.6 Å². The first-order chi connectivity index (χ1) is 21.7. The Morgan fingerprint density at radius 2 is 1.64 bits per heavy atom. The van der Waals surface area contributed by atoms with Crippen molar-refractivity contribution in [3.8, 4) is 0 Å². The third kappa shape index (κ3) is 8.34. The normalized spacial score (nSPS) is 14.2. The number of imide groups is 1. The topological polar surface area (TPSA) is 139 Å². The number of oxazole rings is 1. The molecule has 1 N–H and O–H groups in total. The number of benzene rings is 3. The molecule has 1 aromatic heterocycles. The van der Waals surface area contributed by atoms with E-state index in [0.29, 0.717) is 42.7 Å².